The van der Waals surface area contributed by atoms with Gasteiger partial charge < -0.3 is 19.8 Å². The number of fused-ring (bicyclic) bond motifs is 3. The second-order valence-electron chi connectivity index (χ2n) is 9.43. The van der Waals surface area contributed by atoms with Crippen LogP contribution in [0.1, 0.15) is 19.8 Å². The second-order valence-corrected chi connectivity index (χ2v) is 10.4. The average molecular weight is 553 g/mol. The van der Waals surface area contributed by atoms with E-state index in [1.165, 1.54) is 10.6 Å². The largest absolute Gasteiger partial charge is 0.493 e. The second kappa shape index (κ2) is 10.7. The van der Waals surface area contributed by atoms with Crippen LogP contribution in [0.25, 0.3) is 27.6 Å². The van der Waals surface area contributed by atoms with Crippen molar-refractivity contribution in [2.24, 2.45) is 0 Å². The molecule has 4 aromatic heterocycles. The highest BCUT2D eigenvalue weighted by Crippen LogP contribution is 2.27. The summed E-state index contributed by atoms with van der Waals surface area (Å²) in [5.41, 5.74) is 7.74. The Morgan fingerprint density at radius 1 is 1.13 bits per heavy atom. The minimum Gasteiger partial charge on any atom is -0.493 e. The number of nitrogens with two attached hydrogens (primary N) is 1. The third-order valence-electron chi connectivity index (χ3n) is 6.90. The summed E-state index contributed by atoms with van der Waals surface area (Å²) in [6, 6.07) is 8.60. The Labute approximate surface area is 227 Å². The van der Waals surface area contributed by atoms with Gasteiger partial charge in [-0.15, -0.1) is 5.10 Å². The van der Waals surface area contributed by atoms with Crippen LogP contribution in [0.2, 0.25) is 0 Å². The number of piperazine rings is 1. The number of aromatic nitrogens is 5. The number of ether oxygens (including phenoxy) is 1. The van der Waals surface area contributed by atoms with Crippen LogP contribution in [0.3, 0.4) is 0 Å². The number of benzene rings is 1. The van der Waals surface area contributed by atoms with Crippen LogP contribution in [0, 0.1) is 5.82 Å². The molecule has 39 heavy (non-hydrogen) atoms. The molecule has 1 aliphatic rings. The van der Waals surface area contributed by atoms with Crippen LogP contribution < -0.4 is 20.2 Å². The number of unbranched alkanes of at least 4 members (excludes halogenated alkanes) is 1. The van der Waals surface area contributed by atoms with Gasteiger partial charge in [0.25, 0.3) is 0 Å². The molecular weight excluding hydrogens is 523 g/mol. The molecule has 6 rings (SSSR count). The molecule has 204 valence electrons. The van der Waals surface area contributed by atoms with E-state index >= 15 is 0 Å². The fraction of sp³-hybridized carbons (Fsp3) is 0.385. The SMILES string of the molecule is CCCCOc1ccc(N2CCN(CCn3c(=O)sc4c3nc(N)n3nc(-c5ccco5)nc43)CC2)c(F)c1. The highest BCUT2D eigenvalue weighted by Gasteiger charge is 2.22. The molecule has 13 heteroatoms. The molecule has 0 aliphatic carbocycles. The van der Waals surface area contributed by atoms with E-state index in [0.29, 0.717) is 71.8 Å². The number of halogens is 1. The van der Waals surface area contributed by atoms with Gasteiger partial charge in [-0.1, -0.05) is 24.7 Å². The first-order valence-corrected chi connectivity index (χ1v) is 13.8. The number of hydrogen-bond acceptors (Lipinski definition) is 10. The Hall–Kier alpha value is -3.97. The van der Waals surface area contributed by atoms with E-state index in [-0.39, 0.29) is 16.6 Å². The Kier molecular flexibility index (Phi) is 6.92. The topological polar surface area (TPSA) is 120 Å². The highest BCUT2D eigenvalue weighted by atomic mass is 32.1. The fourth-order valence-electron chi connectivity index (χ4n) is 4.76. The molecule has 0 atom stereocenters. The van der Waals surface area contributed by atoms with E-state index in [9.17, 15) is 9.18 Å². The van der Waals surface area contributed by atoms with Gasteiger partial charge in [0.2, 0.25) is 11.8 Å². The van der Waals surface area contributed by atoms with Crippen molar-refractivity contribution in [3.63, 3.8) is 0 Å². The van der Waals surface area contributed by atoms with Crippen molar-refractivity contribution in [2.75, 3.05) is 50.0 Å². The van der Waals surface area contributed by atoms with Gasteiger partial charge in [0.15, 0.2) is 17.1 Å². The molecule has 0 unspecified atom stereocenters. The first-order valence-electron chi connectivity index (χ1n) is 13.0. The van der Waals surface area contributed by atoms with E-state index in [4.69, 9.17) is 14.9 Å². The van der Waals surface area contributed by atoms with Crippen LogP contribution in [-0.4, -0.2) is 68.4 Å². The van der Waals surface area contributed by atoms with Gasteiger partial charge >= 0.3 is 4.87 Å². The van der Waals surface area contributed by atoms with Crippen molar-refractivity contribution in [3.8, 4) is 17.3 Å². The predicted molar refractivity (Wildman–Crippen MR) is 148 cm³/mol. The molecule has 1 fully saturated rings. The van der Waals surface area contributed by atoms with Gasteiger partial charge in [-0.25, -0.2) is 9.37 Å². The van der Waals surface area contributed by atoms with E-state index in [2.05, 4.69) is 31.8 Å². The molecule has 0 saturated carbocycles. The Balaban J connectivity index is 1.13. The summed E-state index contributed by atoms with van der Waals surface area (Å²) in [7, 11) is 0. The van der Waals surface area contributed by atoms with Crippen molar-refractivity contribution in [1.29, 1.82) is 0 Å². The molecule has 0 amide bonds. The smallest absolute Gasteiger partial charge is 0.309 e. The third-order valence-corrected chi connectivity index (χ3v) is 7.86. The number of thiazole rings is 1. The maximum Gasteiger partial charge on any atom is 0.309 e. The summed E-state index contributed by atoms with van der Waals surface area (Å²) in [6.07, 6.45) is 3.52. The summed E-state index contributed by atoms with van der Waals surface area (Å²) >= 11 is 1.08. The molecule has 1 aliphatic heterocycles. The van der Waals surface area contributed by atoms with Crippen LogP contribution >= 0.6 is 11.3 Å². The lowest BCUT2D eigenvalue weighted by Gasteiger charge is -2.36. The van der Waals surface area contributed by atoms with Gasteiger partial charge in [0.1, 0.15) is 16.3 Å². The number of nitrogens with zero attached hydrogens (tertiary/aromatic N) is 7. The van der Waals surface area contributed by atoms with Gasteiger partial charge in [0, 0.05) is 45.3 Å². The zero-order chi connectivity index (χ0) is 26.9. The minimum absolute atomic E-state index is 0.130. The van der Waals surface area contributed by atoms with Gasteiger partial charge in [-0.2, -0.15) is 9.50 Å². The minimum atomic E-state index is -0.271. The highest BCUT2D eigenvalue weighted by molar-refractivity contribution is 7.17. The number of anilines is 2. The summed E-state index contributed by atoms with van der Waals surface area (Å²) < 4.78 is 29.5. The number of nitrogen functional groups attached to an aromatic ring is 1. The number of hydrogen-bond donors (Lipinski definition) is 1. The van der Waals surface area contributed by atoms with Crippen LogP contribution in [0.4, 0.5) is 16.0 Å². The molecule has 5 aromatic rings. The zero-order valence-electron chi connectivity index (χ0n) is 21.5. The maximum atomic E-state index is 14.8. The van der Waals surface area contributed by atoms with Gasteiger partial charge in [-0.05, 0) is 30.7 Å². The number of rotatable bonds is 9. The van der Waals surface area contributed by atoms with Crippen LogP contribution in [-0.2, 0) is 6.54 Å². The predicted octanol–water partition coefficient (Wildman–Crippen LogP) is 3.48. The van der Waals surface area contributed by atoms with Crippen molar-refractivity contribution < 1.29 is 13.5 Å². The van der Waals surface area contributed by atoms with Gasteiger partial charge in [0.05, 0.1) is 18.6 Å². The van der Waals surface area contributed by atoms with Crippen molar-refractivity contribution in [1.82, 2.24) is 29.0 Å². The molecular formula is C26H29FN8O3S. The van der Waals surface area contributed by atoms with E-state index in [1.54, 1.807) is 29.0 Å². The first kappa shape index (κ1) is 25.3. The monoisotopic (exact) mass is 552 g/mol. The normalized spacial score (nSPS) is 14.6. The summed E-state index contributed by atoms with van der Waals surface area (Å²) in [6.45, 7) is 6.68. The van der Waals surface area contributed by atoms with E-state index in [0.717, 1.165) is 37.3 Å². The maximum absolute atomic E-state index is 14.8. The van der Waals surface area contributed by atoms with E-state index < -0.39 is 0 Å². The van der Waals surface area contributed by atoms with Crippen molar-refractivity contribution in [2.45, 2.75) is 26.3 Å². The van der Waals surface area contributed by atoms with Crippen molar-refractivity contribution >= 4 is 39.0 Å². The lowest BCUT2D eigenvalue weighted by atomic mass is 10.2. The molecule has 0 bridgehead atoms. The quantitative estimate of drug-likeness (QED) is 0.274. The van der Waals surface area contributed by atoms with E-state index in [1.807, 2.05) is 6.07 Å². The Morgan fingerprint density at radius 3 is 2.72 bits per heavy atom. The zero-order valence-corrected chi connectivity index (χ0v) is 22.4. The average Bonchev–Trinajstić information content (AvgIpc) is 3.68. The lowest BCUT2D eigenvalue weighted by molar-refractivity contribution is 0.248. The lowest BCUT2D eigenvalue weighted by Crippen LogP contribution is -2.47. The molecule has 0 spiro atoms. The van der Waals surface area contributed by atoms with Gasteiger partial charge in [-0.3, -0.25) is 14.3 Å². The first-order chi connectivity index (χ1) is 19.0. The molecule has 1 aromatic carbocycles. The molecule has 5 heterocycles. The third kappa shape index (κ3) is 4.94. The van der Waals surface area contributed by atoms with Crippen molar-refractivity contribution in [3.05, 3.63) is 52.1 Å². The standard InChI is InChI=1S/C26H29FN8O3S/c1-2-3-14-37-17-6-7-19(18(27)16-17)33-11-8-32(9-12-33)10-13-34-23-21(39-26(34)36)24-29-22(20-5-4-15-38-20)31-35(24)25(28)30-23/h4-7,15-16H,2-3,8-14H2,1H3,(H2,28,30). The summed E-state index contributed by atoms with van der Waals surface area (Å²) in [5, 5.41) is 4.40. The van der Waals surface area contributed by atoms with Crippen LogP contribution in [0.15, 0.2) is 45.8 Å². The van der Waals surface area contributed by atoms with Crippen LogP contribution in [0.5, 0.6) is 5.75 Å². The molecule has 11 nitrogen and oxygen atoms in total. The number of furan rings is 1. The summed E-state index contributed by atoms with van der Waals surface area (Å²) in [5.74, 6) is 1.32. The summed E-state index contributed by atoms with van der Waals surface area (Å²) in [4.78, 5) is 26.2. The Morgan fingerprint density at radius 2 is 1.97 bits per heavy atom. The molecule has 1 saturated heterocycles. The molecule has 0 radical (unpaired) electrons. The molecule has 2 N–H and O–H groups in total. The fourth-order valence-corrected chi connectivity index (χ4v) is 5.69. The Bertz CT molecular complexity index is 1650.